The highest BCUT2D eigenvalue weighted by atomic mass is 16.5. The molecule has 0 aliphatic heterocycles. The van der Waals surface area contributed by atoms with Gasteiger partial charge in [-0.25, -0.2) is 0 Å². The first kappa shape index (κ1) is 16.0. The summed E-state index contributed by atoms with van der Waals surface area (Å²) in [4.78, 5) is 0. The molecule has 0 saturated heterocycles. The lowest BCUT2D eigenvalue weighted by atomic mass is 9.89. The second-order valence-electron chi connectivity index (χ2n) is 5.70. The van der Waals surface area contributed by atoms with Crippen LogP contribution in [0.2, 0.25) is 0 Å². The first-order chi connectivity index (χ1) is 10.1. The number of hydrogen-bond donors (Lipinski definition) is 1. The maximum atomic E-state index is 5.76. The van der Waals surface area contributed by atoms with Crippen molar-refractivity contribution in [1.29, 1.82) is 0 Å². The molecule has 0 spiro atoms. The smallest absolute Gasteiger partial charge is 0.0804 e. The Hall–Kier alpha value is -1.39. The van der Waals surface area contributed by atoms with E-state index >= 15 is 0 Å². The lowest BCUT2D eigenvalue weighted by molar-refractivity contribution is -0.0270. The Morgan fingerprint density at radius 3 is 2.62 bits per heavy atom. The summed E-state index contributed by atoms with van der Waals surface area (Å²) in [6, 6.07) is 8.68. The Morgan fingerprint density at radius 1 is 1.33 bits per heavy atom. The van der Waals surface area contributed by atoms with Gasteiger partial charge >= 0.3 is 0 Å². The first-order valence-electron chi connectivity index (χ1n) is 7.76. The van der Waals surface area contributed by atoms with Crippen LogP contribution in [0.1, 0.15) is 32.9 Å². The van der Waals surface area contributed by atoms with Crippen LogP contribution in [0.15, 0.2) is 24.3 Å². The molecule has 4 nitrogen and oxygen atoms in total. The van der Waals surface area contributed by atoms with Gasteiger partial charge in [0, 0.05) is 31.5 Å². The molecule has 1 heterocycles. The molecule has 1 N–H and O–H groups in total. The monoisotopic (exact) mass is 289 g/mol. The van der Waals surface area contributed by atoms with E-state index in [2.05, 4.69) is 55.0 Å². The molecule has 2 rings (SSSR count). The molecule has 116 valence electrons. The zero-order valence-electron chi connectivity index (χ0n) is 13.8. The van der Waals surface area contributed by atoms with E-state index in [4.69, 9.17) is 9.84 Å². The van der Waals surface area contributed by atoms with Crippen molar-refractivity contribution in [1.82, 2.24) is 15.1 Å². The molecule has 0 aliphatic carbocycles. The summed E-state index contributed by atoms with van der Waals surface area (Å²) in [7, 11) is 3.78. The van der Waals surface area contributed by atoms with E-state index in [-0.39, 0.29) is 11.6 Å². The van der Waals surface area contributed by atoms with Crippen molar-refractivity contribution in [3.63, 3.8) is 0 Å². The van der Waals surface area contributed by atoms with Gasteiger partial charge in [0.2, 0.25) is 0 Å². The van der Waals surface area contributed by atoms with Gasteiger partial charge in [-0.05, 0) is 33.4 Å². The summed E-state index contributed by atoms with van der Waals surface area (Å²) < 4.78 is 7.84. The van der Waals surface area contributed by atoms with Gasteiger partial charge in [-0.3, -0.25) is 4.68 Å². The third-order valence-corrected chi connectivity index (χ3v) is 4.69. The highest BCUT2D eigenvalue weighted by molar-refractivity contribution is 5.82. The van der Waals surface area contributed by atoms with E-state index in [9.17, 15) is 0 Å². The number of nitrogens with zero attached hydrogens (tertiary/aromatic N) is 2. The molecule has 2 aromatic rings. The van der Waals surface area contributed by atoms with Gasteiger partial charge in [0.25, 0.3) is 0 Å². The Balaban J connectivity index is 2.38. The van der Waals surface area contributed by atoms with Crippen molar-refractivity contribution in [3.05, 3.63) is 30.0 Å². The van der Waals surface area contributed by atoms with Crippen LogP contribution >= 0.6 is 0 Å². The molecule has 0 saturated carbocycles. The summed E-state index contributed by atoms with van der Waals surface area (Å²) in [6.07, 6.45) is 1.82. The highest BCUT2D eigenvalue weighted by Gasteiger charge is 2.32. The number of methoxy groups -OCH3 is 1. The summed E-state index contributed by atoms with van der Waals surface area (Å²) in [5, 5.41) is 9.45. The molecule has 0 aliphatic rings. The number of aryl methyl sites for hydroxylation is 1. The van der Waals surface area contributed by atoms with Gasteiger partial charge in [0.05, 0.1) is 16.8 Å². The maximum absolute atomic E-state index is 5.76. The fourth-order valence-corrected chi connectivity index (χ4v) is 2.94. The minimum Gasteiger partial charge on any atom is -0.377 e. The van der Waals surface area contributed by atoms with Crippen molar-refractivity contribution < 1.29 is 4.74 Å². The normalized spacial score (nSPS) is 16.0. The summed E-state index contributed by atoms with van der Waals surface area (Å²) >= 11 is 0. The zero-order valence-corrected chi connectivity index (χ0v) is 13.8. The van der Waals surface area contributed by atoms with Gasteiger partial charge < -0.3 is 10.1 Å². The highest BCUT2D eigenvalue weighted by Crippen LogP contribution is 2.25. The SMILES string of the molecule is CCn1nc(CC(NC)C(C)(CC)OC)c2ccccc21. The largest absolute Gasteiger partial charge is 0.377 e. The van der Waals surface area contributed by atoms with Crippen LogP contribution in [0.25, 0.3) is 10.9 Å². The average molecular weight is 289 g/mol. The van der Waals surface area contributed by atoms with Gasteiger partial charge in [0.1, 0.15) is 0 Å². The molecule has 1 aromatic carbocycles. The number of likely N-dealkylation sites (N-methyl/N-ethyl adjacent to an activating group) is 1. The number of ether oxygens (including phenoxy) is 1. The molecule has 2 atom stereocenters. The summed E-state index contributed by atoms with van der Waals surface area (Å²) in [5.41, 5.74) is 2.16. The number of aromatic nitrogens is 2. The van der Waals surface area contributed by atoms with E-state index in [1.807, 2.05) is 7.05 Å². The maximum Gasteiger partial charge on any atom is 0.0804 e. The summed E-state index contributed by atoms with van der Waals surface area (Å²) in [5.74, 6) is 0. The third-order valence-electron chi connectivity index (χ3n) is 4.69. The number of rotatable bonds is 7. The molecule has 4 heteroatoms. The standard InChI is InChI=1S/C17H27N3O/c1-6-17(3,21-5)16(18-4)12-14-13-10-8-9-11-15(13)20(7-2)19-14/h8-11,16,18H,6-7,12H2,1-5H3. The van der Waals surface area contributed by atoms with Crippen molar-refractivity contribution >= 4 is 10.9 Å². The van der Waals surface area contributed by atoms with Crippen LogP contribution in [0.4, 0.5) is 0 Å². The van der Waals surface area contributed by atoms with E-state index in [0.29, 0.717) is 0 Å². The van der Waals surface area contributed by atoms with Gasteiger partial charge in [-0.2, -0.15) is 5.10 Å². The molecule has 1 aromatic heterocycles. The molecule has 0 radical (unpaired) electrons. The minimum atomic E-state index is -0.189. The quantitative estimate of drug-likeness (QED) is 0.851. The molecule has 0 amide bonds. The van der Waals surface area contributed by atoms with Gasteiger partial charge in [-0.15, -0.1) is 0 Å². The third kappa shape index (κ3) is 2.97. The fourth-order valence-electron chi connectivity index (χ4n) is 2.94. The predicted octanol–water partition coefficient (Wildman–Crippen LogP) is 3.00. The number of hydrogen-bond acceptors (Lipinski definition) is 3. The Bertz CT molecular complexity index is 587. The second kappa shape index (κ2) is 6.58. The molecule has 0 fully saturated rings. The van der Waals surface area contributed by atoms with Crippen LogP contribution in [-0.2, 0) is 17.7 Å². The van der Waals surface area contributed by atoms with E-state index in [1.165, 1.54) is 10.9 Å². The van der Waals surface area contributed by atoms with Crippen molar-refractivity contribution in [2.45, 2.75) is 51.8 Å². The molecule has 2 unspecified atom stereocenters. The van der Waals surface area contributed by atoms with E-state index < -0.39 is 0 Å². The number of fused-ring (bicyclic) bond motifs is 1. The molecular formula is C17H27N3O. The van der Waals surface area contributed by atoms with E-state index in [1.54, 1.807) is 7.11 Å². The van der Waals surface area contributed by atoms with Crippen molar-refractivity contribution in [3.8, 4) is 0 Å². The van der Waals surface area contributed by atoms with Gasteiger partial charge in [0.15, 0.2) is 0 Å². The zero-order chi connectivity index (χ0) is 15.5. The first-order valence-corrected chi connectivity index (χ1v) is 7.76. The van der Waals surface area contributed by atoms with Crippen molar-refractivity contribution in [2.75, 3.05) is 14.2 Å². The van der Waals surface area contributed by atoms with E-state index in [0.717, 1.165) is 25.1 Å². The average Bonchev–Trinajstić information content (AvgIpc) is 2.90. The lowest BCUT2D eigenvalue weighted by Gasteiger charge is -2.35. The van der Waals surface area contributed by atoms with Crippen LogP contribution in [0.3, 0.4) is 0 Å². The number of para-hydroxylation sites is 1. The van der Waals surface area contributed by atoms with Crippen molar-refractivity contribution in [2.24, 2.45) is 0 Å². The molecular weight excluding hydrogens is 262 g/mol. The van der Waals surface area contributed by atoms with Crippen LogP contribution in [-0.4, -0.2) is 35.6 Å². The molecule has 21 heavy (non-hydrogen) atoms. The number of nitrogens with one attached hydrogen (secondary N) is 1. The van der Waals surface area contributed by atoms with Crippen LogP contribution in [0, 0.1) is 0 Å². The van der Waals surface area contributed by atoms with Crippen LogP contribution in [0.5, 0.6) is 0 Å². The Morgan fingerprint density at radius 2 is 2.05 bits per heavy atom. The van der Waals surface area contributed by atoms with Crippen LogP contribution < -0.4 is 5.32 Å². The summed E-state index contributed by atoms with van der Waals surface area (Å²) in [6.45, 7) is 7.34. The lowest BCUT2D eigenvalue weighted by Crippen LogP contribution is -2.49. The predicted molar refractivity (Wildman–Crippen MR) is 87.7 cm³/mol. The fraction of sp³-hybridized carbons (Fsp3) is 0.588. The molecule has 0 bridgehead atoms. The Labute approximate surface area is 127 Å². The topological polar surface area (TPSA) is 39.1 Å². The second-order valence-corrected chi connectivity index (χ2v) is 5.70. The minimum absolute atomic E-state index is 0.189. The number of benzene rings is 1. The Kier molecular flexibility index (Phi) is 5.01. The van der Waals surface area contributed by atoms with Gasteiger partial charge in [-0.1, -0.05) is 25.1 Å².